The maximum atomic E-state index is 11.5. The molecule has 16 heavy (non-hydrogen) atoms. The van der Waals surface area contributed by atoms with Crippen LogP contribution in [-0.2, 0) is 0 Å². The van der Waals surface area contributed by atoms with Crippen LogP contribution in [0, 0.1) is 13.8 Å². The van der Waals surface area contributed by atoms with E-state index in [-0.39, 0.29) is 5.78 Å². The molecule has 2 aromatic rings. The SMILES string of the molecule is CC(=O)c1cccnc1-n1cc(C)nc1C. The van der Waals surface area contributed by atoms with Gasteiger partial charge in [-0.05, 0) is 32.9 Å². The summed E-state index contributed by atoms with van der Waals surface area (Å²) < 4.78 is 1.84. The molecule has 2 rings (SSSR count). The Morgan fingerprint density at radius 3 is 2.69 bits per heavy atom. The molecule has 2 aromatic heterocycles. The largest absolute Gasteiger partial charge is 0.294 e. The van der Waals surface area contributed by atoms with E-state index in [1.54, 1.807) is 25.3 Å². The molecule has 0 aliphatic heterocycles. The van der Waals surface area contributed by atoms with Crippen LogP contribution in [0.25, 0.3) is 5.82 Å². The van der Waals surface area contributed by atoms with Crippen molar-refractivity contribution >= 4 is 5.78 Å². The number of carbonyl (C=O) groups is 1. The van der Waals surface area contributed by atoms with E-state index >= 15 is 0 Å². The van der Waals surface area contributed by atoms with E-state index in [1.165, 1.54) is 0 Å². The molecule has 0 N–H and O–H groups in total. The number of aryl methyl sites for hydroxylation is 2. The van der Waals surface area contributed by atoms with Crippen LogP contribution in [0.4, 0.5) is 0 Å². The Morgan fingerprint density at radius 2 is 2.12 bits per heavy atom. The minimum absolute atomic E-state index is 0.00820. The summed E-state index contributed by atoms with van der Waals surface area (Å²) in [7, 11) is 0. The third-order valence-corrected chi connectivity index (χ3v) is 2.40. The van der Waals surface area contributed by atoms with Crippen molar-refractivity contribution in [2.45, 2.75) is 20.8 Å². The number of Topliss-reactive ketones (excluding diaryl/α,β-unsaturated/α-hetero) is 1. The quantitative estimate of drug-likeness (QED) is 0.721. The molecule has 82 valence electrons. The number of carbonyl (C=O) groups excluding carboxylic acids is 1. The van der Waals surface area contributed by atoms with Gasteiger partial charge in [-0.1, -0.05) is 0 Å². The third-order valence-electron chi connectivity index (χ3n) is 2.40. The molecule has 0 saturated heterocycles. The van der Waals surface area contributed by atoms with Crippen LogP contribution in [0.15, 0.2) is 24.5 Å². The predicted molar refractivity (Wildman–Crippen MR) is 60.8 cm³/mol. The fraction of sp³-hybridized carbons (Fsp3) is 0.250. The van der Waals surface area contributed by atoms with Crippen LogP contribution >= 0.6 is 0 Å². The van der Waals surface area contributed by atoms with E-state index in [1.807, 2.05) is 24.6 Å². The van der Waals surface area contributed by atoms with Gasteiger partial charge in [-0.3, -0.25) is 9.36 Å². The number of pyridine rings is 1. The van der Waals surface area contributed by atoms with Gasteiger partial charge in [0.15, 0.2) is 5.78 Å². The maximum Gasteiger partial charge on any atom is 0.163 e. The lowest BCUT2D eigenvalue weighted by Crippen LogP contribution is -2.06. The summed E-state index contributed by atoms with van der Waals surface area (Å²) in [6.45, 7) is 5.35. The van der Waals surface area contributed by atoms with Crippen LogP contribution in [-0.4, -0.2) is 20.3 Å². The van der Waals surface area contributed by atoms with Gasteiger partial charge in [-0.15, -0.1) is 0 Å². The first-order chi connectivity index (χ1) is 7.59. The Labute approximate surface area is 94.0 Å². The smallest absolute Gasteiger partial charge is 0.163 e. The highest BCUT2D eigenvalue weighted by molar-refractivity contribution is 5.96. The average Bonchev–Trinajstić information content (AvgIpc) is 2.57. The standard InChI is InChI=1S/C12H13N3O/c1-8-7-15(10(3)14-8)12-11(9(2)16)5-4-6-13-12/h4-7H,1-3H3. The molecule has 0 aliphatic rings. The number of hydrogen-bond donors (Lipinski definition) is 0. The van der Waals surface area contributed by atoms with E-state index in [0.717, 1.165) is 11.5 Å². The highest BCUT2D eigenvalue weighted by Crippen LogP contribution is 2.14. The minimum Gasteiger partial charge on any atom is -0.294 e. The second kappa shape index (κ2) is 3.89. The summed E-state index contributed by atoms with van der Waals surface area (Å²) in [4.78, 5) is 20.0. The van der Waals surface area contributed by atoms with E-state index < -0.39 is 0 Å². The summed E-state index contributed by atoms with van der Waals surface area (Å²) in [6, 6.07) is 3.54. The molecule has 0 unspecified atom stereocenters. The number of ketones is 1. The summed E-state index contributed by atoms with van der Waals surface area (Å²) in [5.41, 5.74) is 1.53. The van der Waals surface area contributed by atoms with Gasteiger partial charge in [0.25, 0.3) is 0 Å². The molecule has 0 bridgehead atoms. The molecule has 0 radical (unpaired) electrons. The van der Waals surface area contributed by atoms with Crippen LogP contribution < -0.4 is 0 Å². The van der Waals surface area contributed by atoms with E-state index in [9.17, 15) is 4.79 Å². The first-order valence-corrected chi connectivity index (χ1v) is 5.08. The van der Waals surface area contributed by atoms with E-state index in [2.05, 4.69) is 9.97 Å². The summed E-state index contributed by atoms with van der Waals surface area (Å²) in [5, 5.41) is 0. The van der Waals surface area contributed by atoms with Crippen LogP contribution in [0.1, 0.15) is 28.8 Å². The molecule has 0 saturated carbocycles. The maximum absolute atomic E-state index is 11.5. The molecule has 0 aliphatic carbocycles. The Hall–Kier alpha value is -1.97. The molecule has 0 amide bonds. The summed E-state index contributed by atoms with van der Waals surface area (Å²) in [6.07, 6.45) is 3.56. The number of nitrogens with zero attached hydrogens (tertiary/aromatic N) is 3. The fourth-order valence-corrected chi connectivity index (χ4v) is 1.70. The molecular formula is C12H13N3O. The first-order valence-electron chi connectivity index (χ1n) is 5.08. The van der Waals surface area contributed by atoms with Crippen molar-refractivity contribution in [2.24, 2.45) is 0 Å². The van der Waals surface area contributed by atoms with Crippen LogP contribution in [0.2, 0.25) is 0 Å². The molecule has 4 heteroatoms. The molecule has 0 aromatic carbocycles. The Morgan fingerprint density at radius 1 is 1.38 bits per heavy atom. The Kier molecular flexibility index (Phi) is 2.56. The van der Waals surface area contributed by atoms with Gasteiger partial charge in [0, 0.05) is 12.4 Å². The monoisotopic (exact) mass is 215 g/mol. The van der Waals surface area contributed by atoms with E-state index in [4.69, 9.17) is 0 Å². The van der Waals surface area contributed by atoms with Crippen molar-refractivity contribution in [1.29, 1.82) is 0 Å². The summed E-state index contributed by atoms with van der Waals surface area (Å²) >= 11 is 0. The Balaban J connectivity index is 2.64. The molecule has 2 heterocycles. The van der Waals surface area contributed by atoms with Crippen molar-refractivity contribution in [3.8, 4) is 5.82 Å². The van der Waals surface area contributed by atoms with Gasteiger partial charge in [0.1, 0.15) is 11.6 Å². The van der Waals surface area contributed by atoms with Gasteiger partial charge in [0.05, 0.1) is 11.3 Å². The number of hydrogen-bond acceptors (Lipinski definition) is 3. The van der Waals surface area contributed by atoms with Gasteiger partial charge in [-0.2, -0.15) is 0 Å². The zero-order valence-corrected chi connectivity index (χ0v) is 9.56. The van der Waals surface area contributed by atoms with E-state index in [0.29, 0.717) is 11.4 Å². The van der Waals surface area contributed by atoms with Crippen LogP contribution in [0.3, 0.4) is 0 Å². The van der Waals surface area contributed by atoms with Crippen LogP contribution in [0.5, 0.6) is 0 Å². The number of aromatic nitrogens is 3. The first kappa shape index (κ1) is 10.5. The molecule has 0 spiro atoms. The van der Waals surface area contributed by atoms with Gasteiger partial charge >= 0.3 is 0 Å². The zero-order chi connectivity index (χ0) is 11.7. The molecular weight excluding hydrogens is 202 g/mol. The Bertz CT molecular complexity index is 543. The normalized spacial score (nSPS) is 10.4. The lowest BCUT2D eigenvalue weighted by Gasteiger charge is -2.07. The molecule has 4 nitrogen and oxygen atoms in total. The van der Waals surface area contributed by atoms with Crippen molar-refractivity contribution in [3.05, 3.63) is 41.6 Å². The highest BCUT2D eigenvalue weighted by atomic mass is 16.1. The summed E-state index contributed by atoms with van der Waals surface area (Å²) in [5.74, 6) is 1.49. The topological polar surface area (TPSA) is 47.8 Å². The lowest BCUT2D eigenvalue weighted by molar-refractivity contribution is 0.101. The predicted octanol–water partition coefficient (Wildman–Crippen LogP) is 2.09. The third kappa shape index (κ3) is 1.74. The van der Waals surface area contributed by atoms with Gasteiger partial charge in [-0.25, -0.2) is 9.97 Å². The molecule has 0 atom stereocenters. The van der Waals surface area contributed by atoms with Crippen molar-refractivity contribution < 1.29 is 4.79 Å². The van der Waals surface area contributed by atoms with Crippen molar-refractivity contribution in [1.82, 2.24) is 14.5 Å². The second-order valence-corrected chi connectivity index (χ2v) is 3.73. The minimum atomic E-state index is 0.00820. The zero-order valence-electron chi connectivity index (χ0n) is 9.56. The highest BCUT2D eigenvalue weighted by Gasteiger charge is 2.12. The van der Waals surface area contributed by atoms with Gasteiger partial charge < -0.3 is 0 Å². The molecule has 0 fully saturated rings. The second-order valence-electron chi connectivity index (χ2n) is 3.73. The van der Waals surface area contributed by atoms with Crippen molar-refractivity contribution in [3.63, 3.8) is 0 Å². The van der Waals surface area contributed by atoms with Gasteiger partial charge in [0.2, 0.25) is 0 Å². The lowest BCUT2D eigenvalue weighted by atomic mass is 10.2. The van der Waals surface area contributed by atoms with Crippen molar-refractivity contribution in [2.75, 3.05) is 0 Å². The fourth-order valence-electron chi connectivity index (χ4n) is 1.70. The number of imidazole rings is 1. The number of rotatable bonds is 2. The average molecular weight is 215 g/mol.